The fourth-order valence-corrected chi connectivity index (χ4v) is 3.16. The highest BCUT2D eigenvalue weighted by atomic mass is 32.2. The number of hydrogen-bond acceptors (Lipinski definition) is 3. The van der Waals surface area contributed by atoms with E-state index in [1.165, 1.54) is 6.07 Å². The highest BCUT2D eigenvalue weighted by Crippen LogP contribution is 2.23. The maximum atomic E-state index is 12.3. The zero-order valence-corrected chi connectivity index (χ0v) is 13.5. The molecule has 0 heterocycles. The lowest BCUT2D eigenvalue weighted by Gasteiger charge is -2.12. The van der Waals surface area contributed by atoms with Crippen LogP contribution in [0.4, 0.5) is 5.69 Å². The third-order valence-electron chi connectivity index (χ3n) is 3.32. The van der Waals surface area contributed by atoms with E-state index in [4.69, 9.17) is 5.14 Å². The molecule has 0 atom stereocenters. The molecule has 2 rings (SSSR count). The molecule has 0 spiro atoms. The first-order valence-electron chi connectivity index (χ1n) is 6.70. The van der Waals surface area contributed by atoms with E-state index in [1.54, 1.807) is 31.2 Å². The van der Waals surface area contributed by atoms with Gasteiger partial charge in [0.15, 0.2) is 0 Å². The molecule has 2 aromatic rings. The van der Waals surface area contributed by atoms with Crippen LogP contribution in [0.1, 0.15) is 27.0 Å². The highest BCUT2D eigenvalue weighted by Gasteiger charge is 2.15. The first kappa shape index (κ1) is 16.2. The molecule has 0 saturated heterocycles. The lowest BCUT2D eigenvalue weighted by Crippen LogP contribution is -2.17. The van der Waals surface area contributed by atoms with E-state index in [2.05, 4.69) is 5.32 Å². The normalized spacial score (nSPS) is 11.3. The second-order valence-electron chi connectivity index (χ2n) is 5.30. The van der Waals surface area contributed by atoms with Crippen LogP contribution >= 0.6 is 0 Å². The summed E-state index contributed by atoms with van der Waals surface area (Å²) in [5, 5.41) is 7.90. The number of anilines is 1. The van der Waals surface area contributed by atoms with Crippen molar-refractivity contribution in [3.8, 4) is 0 Å². The first-order valence-corrected chi connectivity index (χ1v) is 8.25. The number of benzene rings is 2. The second-order valence-corrected chi connectivity index (χ2v) is 6.83. The molecule has 0 aliphatic heterocycles. The van der Waals surface area contributed by atoms with Crippen molar-refractivity contribution in [2.45, 2.75) is 25.7 Å². The van der Waals surface area contributed by atoms with Crippen molar-refractivity contribution in [1.82, 2.24) is 0 Å². The number of sulfonamides is 1. The first-order chi connectivity index (χ1) is 10.2. The second kappa shape index (κ2) is 5.90. The predicted octanol–water partition coefficient (Wildman–Crippen LogP) is 2.51. The molecule has 1 amide bonds. The van der Waals surface area contributed by atoms with Gasteiger partial charge >= 0.3 is 0 Å². The van der Waals surface area contributed by atoms with Gasteiger partial charge in [0.05, 0.1) is 4.90 Å². The molecular formula is C16H18N2O3S. The van der Waals surface area contributed by atoms with Gasteiger partial charge in [-0.25, -0.2) is 13.6 Å². The SMILES string of the molecule is Cc1cc(C)cc(C(=O)Nc2cccc(S(N)(=O)=O)c2C)c1. The number of rotatable bonds is 3. The number of hydrogen-bond donors (Lipinski definition) is 2. The van der Waals surface area contributed by atoms with Crippen LogP contribution in [-0.2, 0) is 10.0 Å². The third-order valence-corrected chi connectivity index (χ3v) is 4.38. The molecule has 22 heavy (non-hydrogen) atoms. The topological polar surface area (TPSA) is 89.3 Å². The summed E-state index contributed by atoms with van der Waals surface area (Å²) in [7, 11) is -3.82. The molecule has 0 aliphatic rings. The van der Waals surface area contributed by atoms with Crippen molar-refractivity contribution in [3.05, 3.63) is 58.7 Å². The van der Waals surface area contributed by atoms with Gasteiger partial charge in [-0.1, -0.05) is 23.3 Å². The molecule has 0 aromatic heterocycles. The summed E-state index contributed by atoms with van der Waals surface area (Å²) in [6.45, 7) is 5.43. The van der Waals surface area contributed by atoms with Crippen molar-refractivity contribution >= 4 is 21.6 Å². The van der Waals surface area contributed by atoms with E-state index in [-0.39, 0.29) is 10.8 Å². The van der Waals surface area contributed by atoms with Crippen molar-refractivity contribution < 1.29 is 13.2 Å². The highest BCUT2D eigenvalue weighted by molar-refractivity contribution is 7.89. The van der Waals surface area contributed by atoms with Gasteiger partial charge in [0.25, 0.3) is 5.91 Å². The maximum absolute atomic E-state index is 12.3. The Balaban J connectivity index is 2.37. The molecule has 0 radical (unpaired) electrons. The minimum absolute atomic E-state index is 0.00530. The Morgan fingerprint density at radius 3 is 2.18 bits per heavy atom. The fraction of sp³-hybridized carbons (Fsp3) is 0.188. The van der Waals surface area contributed by atoms with Gasteiger partial charge in [-0.2, -0.15) is 0 Å². The number of aryl methyl sites for hydroxylation is 2. The Kier molecular flexibility index (Phi) is 4.35. The standard InChI is InChI=1S/C16H18N2O3S/c1-10-7-11(2)9-13(8-10)16(19)18-14-5-4-6-15(12(14)3)22(17,20)21/h4-9H,1-3H3,(H,18,19)(H2,17,20,21). The number of carbonyl (C=O) groups is 1. The molecule has 5 nitrogen and oxygen atoms in total. The van der Waals surface area contributed by atoms with Gasteiger partial charge in [0.1, 0.15) is 0 Å². The molecule has 3 N–H and O–H groups in total. The van der Waals surface area contributed by atoms with Gasteiger partial charge in [0.2, 0.25) is 10.0 Å². The molecular weight excluding hydrogens is 300 g/mol. The largest absolute Gasteiger partial charge is 0.322 e. The monoisotopic (exact) mass is 318 g/mol. The third kappa shape index (κ3) is 3.52. The molecule has 116 valence electrons. The molecule has 0 fully saturated rings. The van der Waals surface area contributed by atoms with Crippen molar-refractivity contribution in [2.75, 3.05) is 5.32 Å². The summed E-state index contributed by atoms with van der Waals surface area (Å²) in [6, 6.07) is 10.1. The van der Waals surface area contributed by atoms with Crippen LogP contribution in [0.3, 0.4) is 0 Å². The lowest BCUT2D eigenvalue weighted by atomic mass is 10.1. The lowest BCUT2D eigenvalue weighted by molar-refractivity contribution is 0.102. The Labute approximate surface area is 130 Å². The molecule has 6 heteroatoms. The number of nitrogens with one attached hydrogen (secondary N) is 1. The Morgan fingerprint density at radius 2 is 1.64 bits per heavy atom. The minimum atomic E-state index is -3.82. The Hall–Kier alpha value is -2.18. The average molecular weight is 318 g/mol. The summed E-state index contributed by atoms with van der Waals surface area (Å²) >= 11 is 0. The number of carbonyl (C=O) groups excluding carboxylic acids is 1. The maximum Gasteiger partial charge on any atom is 0.255 e. The summed E-state index contributed by atoms with van der Waals surface area (Å²) in [5.41, 5.74) is 3.34. The van der Waals surface area contributed by atoms with E-state index < -0.39 is 10.0 Å². The molecule has 2 aromatic carbocycles. The van der Waals surface area contributed by atoms with Crippen molar-refractivity contribution in [1.29, 1.82) is 0 Å². The van der Waals surface area contributed by atoms with Gasteiger partial charge in [-0.05, 0) is 50.6 Å². The van der Waals surface area contributed by atoms with Crippen LogP contribution in [0.2, 0.25) is 0 Å². The van der Waals surface area contributed by atoms with Crippen LogP contribution in [-0.4, -0.2) is 14.3 Å². The summed E-state index contributed by atoms with van der Waals surface area (Å²) in [4.78, 5) is 12.3. The average Bonchev–Trinajstić information content (AvgIpc) is 2.38. The van der Waals surface area contributed by atoms with Crippen LogP contribution in [0, 0.1) is 20.8 Å². The van der Waals surface area contributed by atoms with Crippen LogP contribution < -0.4 is 10.5 Å². The zero-order valence-electron chi connectivity index (χ0n) is 12.7. The Morgan fingerprint density at radius 1 is 1.05 bits per heavy atom. The molecule has 0 saturated carbocycles. The molecule has 0 aliphatic carbocycles. The summed E-state index contributed by atoms with van der Waals surface area (Å²) < 4.78 is 23.0. The molecule has 0 unspecified atom stereocenters. The van der Waals surface area contributed by atoms with Crippen molar-refractivity contribution in [3.63, 3.8) is 0 Å². The van der Waals surface area contributed by atoms with Crippen LogP contribution in [0.15, 0.2) is 41.3 Å². The number of primary sulfonamides is 1. The van der Waals surface area contributed by atoms with Crippen molar-refractivity contribution in [2.24, 2.45) is 5.14 Å². The van der Waals surface area contributed by atoms with Crippen LogP contribution in [0.25, 0.3) is 0 Å². The van der Waals surface area contributed by atoms with Gasteiger partial charge in [-0.15, -0.1) is 0 Å². The van der Waals surface area contributed by atoms with E-state index in [1.807, 2.05) is 19.9 Å². The molecule has 0 bridgehead atoms. The predicted molar refractivity (Wildman–Crippen MR) is 86.4 cm³/mol. The zero-order chi connectivity index (χ0) is 16.5. The van der Waals surface area contributed by atoms with E-state index in [0.717, 1.165) is 11.1 Å². The number of amides is 1. The van der Waals surface area contributed by atoms with E-state index in [0.29, 0.717) is 16.8 Å². The minimum Gasteiger partial charge on any atom is -0.322 e. The van der Waals surface area contributed by atoms with Gasteiger partial charge in [0, 0.05) is 11.3 Å². The number of nitrogens with two attached hydrogens (primary N) is 1. The fourth-order valence-electron chi connectivity index (χ4n) is 2.36. The summed E-state index contributed by atoms with van der Waals surface area (Å²) in [5.74, 6) is -0.290. The van der Waals surface area contributed by atoms with E-state index in [9.17, 15) is 13.2 Å². The quantitative estimate of drug-likeness (QED) is 0.911. The smallest absolute Gasteiger partial charge is 0.255 e. The summed E-state index contributed by atoms with van der Waals surface area (Å²) in [6.07, 6.45) is 0. The van der Waals surface area contributed by atoms with Gasteiger partial charge in [-0.3, -0.25) is 4.79 Å². The van der Waals surface area contributed by atoms with E-state index >= 15 is 0 Å². The van der Waals surface area contributed by atoms with Crippen LogP contribution in [0.5, 0.6) is 0 Å². The Bertz CT molecular complexity index is 822. The van der Waals surface area contributed by atoms with Gasteiger partial charge < -0.3 is 5.32 Å².